The van der Waals surface area contributed by atoms with Crippen LogP contribution in [-0.4, -0.2) is 66.4 Å². The largest absolute Gasteiger partial charge is 0.475 e. The van der Waals surface area contributed by atoms with Gasteiger partial charge in [0, 0.05) is 30.1 Å². The van der Waals surface area contributed by atoms with Crippen LogP contribution < -0.4 is 5.73 Å². The predicted molar refractivity (Wildman–Crippen MR) is 118 cm³/mol. The van der Waals surface area contributed by atoms with E-state index in [1.165, 1.54) is 0 Å². The topological polar surface area (TPSA) is 132 Å². The van der Waals surface area contributed by atoms with Crippen LogP contribution >= 0.6 is 7.82 Å². The highest BCUT2D eigenvalue weighted by Gasteiger charge is 2.53. The molecule has 1 aromatic heterocycles. The van der Waals surface area contributed by atoms with Crippen molar-refractivity contribution in [2.45, 2.75) is 56.8 Å². The van der Waals surface area contributed by atoms with Crippen molar-refractivity contribution < 1.29 is 37.1 Å². The number of fused-ring (bicyclic) bond motifs is 1. The summed E-state index contributed by atoms with van der Waals surface area (Å²) >= 11 is 0. The van der Waals surface area contributed by atoms with Gasteiger partial charge in [-0.25, -0.2) is 4.57 Å². The maximum Gasteiger partial charge on any atom is 0.475 e. The molecule has 11 nitrogen and oxygen atoms in total. The van der Waals surface area contributed by atoms with Gasteiger partial charge in [-0.3, -0.25) is 23.3 Å². The van der Waals surface area contributed by atoms with Crippen LogP contribution in [0.25, 0.3) is 0 Å². The van der Waals surface area contributed by atoms with E-state index in [9.17, 15) is 9.36 Å². The predicted octanol–water partition coefficient (Wildman–Crippen LogP) is 2.25. The van der Waals surface area contributed by atoms with Crippen LogP contribution in [0.4, 0.5) is 0 Å². The van der Waals surface area contributed by atoms with Crippen molar-refractivity contribution in [3.63, 3.8) is 0 Å². The molecule has 4 aliphatic heterocycles. The van der Waals surface area contributed by atoms with Crippen LogP contribution in [0.15, 0.2) is 36.3 Å². The second-order valence-corrected chi connectivity index (χ2v) is 10.9. The zero-order valence-corrected chi connectivity index (χ0v) is 20.1. The van der Waals surface area contributed by atoms with Crippen LogP contribution in [0.3, 0.4) is 0 Å². The first-order valence-electron chi connectivity index (χ1n) is 11.4. The van der Waals surface area contributed by atoms with Gasteiger partial charge in [0.05, 0.1) is 31.8 Å². The number of allylic oxidation sites excluding steroid dienone is 1. The number of primary amides is 1. The Morgan fingerprint density at radius 2 is 2.21 bits per heavy atom. The molecule has 0 saturated carbocycles. The Bertz CT molecular complexity index is 990. The second-order valence-electron chi connectivity index (χ2n) is 9.31. The fraction of sp³-hybridized carbons (Fsp3) is 0.636. The summed E-state index contributed by atoms with van der Waals surface area (Å²) in [4.78, 5) is 18.3. The molecule has 0 radical (unpaired) electrons. The second kappa shape index (κ2) is 9.31. The van der Waals surface area contributed by atoms with Crippen LogP contribution in [-0.2, 0) is 37.1 Å². The third-order valence-corrected chi connectivity index (χ3v) is 8.36. The number of carbonyl (C=O) groups excluding carboxylic acids is 1. The first-order chi connectivity index (χ1) is 16.3. The molecule has 0 aliphatic carbocycles. The number of rotatable bonds is 6. The van der Waals surface area contributed by atoms with E-state index in [4.69, 9.17) is 33.5 Å². The minimum Gasteiger partial charge on any atom is -0.369 e. The van der Waals surface area contributed by atoms with Crippen LogP contribution in [0.1, 0.15) is 38.4 Å². The highest BCUT2D eigenvalue weighted by molar-refractivity contribution is 7.48. The summed E-state index contributed by atoms with van der Waals surface area (Å²) in [5.41, 5.74) is 6.51. The number of nitrogens with zero attached hydrogens (tertiary/aromatic N) is 2. The summed E-state index contributed by atoms with van der Waals surface area (Å²) in [7, 11) is -3.84. The lowest BCUT2D eigenvalue weighted by Gasteiger charge is -2.51. The fourth-order valence-electron chi connectivity index (χ4n) is 5.11. The number of pyridine rings is 1. The lowest BCUT2D eigenvalue weighted by molar-refractivity contribution is -0.146. The molecule has 12 heteroatoms. The molecule has 0 spiro atoms. The third kappa shape index (κ3) is 4.42. The van der Waals surface area contributed by atoms with Crippen LogP contribution in [0, 0.1) is 5.92 Å². The van der Waals surface area contributed by atoms with E-state index in [0.29, 0.717) is 25.1 Å². The summed E-state index contributed by atoms with van der Waals surface area (Å²) in [6, 6.07) is 3.66. The Kier molecular flexibility index (Phi) is 6.54. The van der Waals surface area contributed by atoms with Gasteiger partial charge < -0.3 is 24.8 Å². The quantitative estimate of drug-likeness (QED) is 0.586. The van der Waals surface area contributed by atoms with Gasteiger partial charge in [-0.05, 0) is 31.9 Å². The molecule has 186 valence electrons. The van der Waals surface area contributed by atoms with Gasteiger partial charge in [0.1, 0.15) is 19.0 Å². The maximum absolute atomic E-state index is 13.3. The normalized spacial score (nSPS) is 37.3. The van der Waals surface area contributed by atoms with Crippen molar-refractivity contribution in [3.05, 3.63) is 41.9 Å². The number of amides is 1. The number of phosphoric acid groups is 1. The smallest absolute Gasteiger partial charge is 0.369 e. The fourth-order valence-corrected chi connectivity index (χ4v) is 6.46. The van der Waals surface area contributed by atoms with Gasteiger partial charge in [-0.15, -0.1) is 0 Å². The number of phosphoric ester groups is 1. The van der Waals surface area contributed by atoms with E-state index < -0.39 is 37.5 Å². The molecule has 0 aromatic carbocycles. The number of aromatic nitrogens is 1. The van der Waals surface area contributed by atoms with E-state index in [1.807, 2.05) is 30.9 Å². The molecule has 0 bridgehead atoms. The number of ether oxygens (including phenoxy) is 3. The first-order valence-corrected chi connectivity index (χ1v) is 12.8. The molecule has 1 aromatic rings. The SMILES string of the molecule is CC1(C)C(C(N)=O)CC=C(COP2(=O)OCCC(c3cccnc3)O2)N1[C@@H]1OC[C@H]2OCO[C@@H]12. The van der Waals surface area contributed by atoms with Gasteiger partial charge >= 0.3 is 7.82 Å². The molecule has 1 amide bonds. The number of carbonyl (C=O) groups is 1. The minimum atomic E-state index is -3.84. The van der Waals surface area contributed by atoms with Gasteiger partial charge in [0.25, 0.3) is 0 Å². The summed E-state index contributed by atoms with van der Waals surface area (Å²) in [5, 5.41) is 0. The number of hydrogen-bond acceptors (Lipinski definition) is 10. The Balaban J connectivity index is 1.36. The van der Waals surface area contributed by atoms with E-state index in [2.05, 4.69) is 4.98 Å². The standard InChI is InChI=1S/C22H30N3O8P/c1-22(2)16(20(23)26)6-5-15(25(22)21-19-18(12-28-21)29-13-30-19)11-32-34(27)31-9-7-17(33-34)14-4-3-8-24-10-14/h3-5,8,10,16-19,21H,6-7,9,11-13H2,1-2H3,(H2,23,26)/t16?,17?,18-,19-,21-,34?/m1/s1. The average Bonchev–Trinajstić information content (AvgIpc) is 3.42. The molecule has 5 rings (SSSR count). The Labute approximate surface area is 198 Å². The zero-order chi connectivity index (χ0) is 23.9. The van der Waals surface area contributed by atoms with Gasteiger partial charge in [-0.2, -0.15) is 0 Å². The summed E-state index contributed by atoms with van der Waals surface area (Å²) in [5.74, 6) is -0.871. The third-order valence-electron chi connectivity index (χ3n) is 6.90. The maximum atomic E-state index is 13.3. The first kappa shape index (κ1) is 23.9. The Morgan fingerprint density at radius 1 is 1.35 bits per heavy atom. The van der Waals surface area contributed by atoms with Crippen molar-refractivity contribution in [1.29, 1.82) is 0 Å². The molecule has 34 heavy (non-hydrogen) atoms. The Hall–Kier alpha value is -1.85. The summed E-state index contributed by atoms with van der Waals surface area (Å²) in [6.07, 6.45) is 4.68. The molecule has 3 fully saturated rings. The van der Waals surface area contributed by atoms with Crippen LogP contribution in [0.5, 0.6) is 0 Å². The average molecular weight is 495 g/mol. The van der Waals surface area contributed by atoms with E-state index >= 15 is 0 Å². The summed E-state index contributed by atoms with van der Waals surface area (Å²) in [6.45, 7) is 4.57. The van der Waals surface area contributed by atoms with Crippen molar-refractivity contribution in [1.82, 2.24) is 9.88 Å². The Morgan fingerprint density at radius 3 is 2.97 bits per heavy atom. The van der Waals surface area contributed by atoms with E-state index in [-0.39, 0.29) is 32.2 Å². The molecule has 4 aliphatic rings. The molecular formula is C22H30N3O8P. The molecule has 2 N–H and O–H groups in total. The van der Waals surface area contributed by atoms with Gasteiger partial charge in [-0.1, -0.05) is 12.1 Å². The van der Waals surface area contributed by atoms with Crippen molar-refractivity contribution in [2.24, 2.45) is 11.7 Å². The molecule has 5 heterocycles. The van der Waals surface area contributed by atoms with Crippen molar-refractivity contribution >= 4 is 13.7 Å². The monoisotopic (exact) mass is 495 g/mol. The van der Waals surface area contributed by atoms with Gasteiger partial charge in [0.2, 0.25) is 5.91 Å². The minimum absolute atomic E-state index is 0.0654. The van der Waals surface area contributed by atoms with E-state index in [0.717, 1.165) is 5.56 Å². The van der Waals surface area contributed by atoms with Crippen LogP contribution in [0.2, 0.25) is 0 Å². The van der Waals surface area contributed by atoms with Crippen molar-refractivity contribution in [3.8, 4) is 0 Å². The molecule has 3 unspecified atom stereocenters. The molecular weight excluding hydrogens is 465 g/mol. The zero-order valence-electron chi connectivity index (χ0n) is 19.2. The molecule has 6 atom stereocenters. The lowest BCUT2D eigenvalue weighted by Crippen LogP contribution is -2.61. The van der Waals surface area contributed by atoms with Gasteiger partial charge in [0.15, 0.2) is 6.23 Å². The lowest BCUT2D eigenvalue weighted by atomic mass is 9.79. The van der Waals surface area contributed by atoms with Crippen molar-refractivity contribution in [2.75, 3.05) is 26.6 Å². The highest BCUT2D eigenvalue weighted by Crippen LogP contribution is 2.57. The van der Waals surface area contributed by atoms with E-state index in [1.54, 1.807) is 18.5 Å². The number of hydrogen-bond donors (Lipinski definition) is 1. The highest BCUT2D eigenvalue weighted by atomic mass is 31.2. The summed E-state index contributed by atoms with van der Waals surface area (Å²) < 4.78 is 47.7. The molecule has 3 saturated heterocycles. The number of nitrogens with two attached hydrogens (primary N) is 1.